The zero-order chi connectivity index (χ0) is 19.1. The fourth-order valence-corrected chi connectivity index (χ4v) is 3.78. The smallest absolute Gasteiger partial charge is 0.158 e. The number of methoxy groups -OCH3 is 1. The van der Waals surface area contributed by atoms with Crippen molar-refractivity contribution in [1.82, 2.24) is 14.8 Å². The molecule has 1 aromatic carbocycles. The van der Waals surface area contributed by atoms with Gasteiger partial charge in [-0.25, -0.2) is 0 Å². The second kappa shape index (κ2) is 6.76. The number of hydrogen-bond acceptors (Lipinski definition) is 5. The summed E-state index contributed by atoms with van der Waals surface area (Å²) in [6.45, 7) is 8.87. The molecule has 3 aromatic rings. The zero-order valence-electron chi connectivity index (χ0n) is 16.6. The topological polar surface area (TPSA) is 61.2 Å². The summed E-state index contributed by atoms with van der Waals surface area (Å²) in [5.41, 5.74) is 4.20. The van der Waals surface area contributed by atoms with E-state index in [4.69, 9.17) is 9.47 Å². The van der Waals surface area contributed by atoms with Gasteiger partial charge in [0.1, 0.15) is 11.5 Å². The van der Waals surface area contributed by atoms with Crippen molar-refractivity contribution in [2.45, 2.75) is 46.6 Å². The number of benzene rings is 1. The number of ether oxygens (including phenoxy) is 2. The Kier molecular flexibility index (Phi) is 4.42. The second-order valence-corrected chi connectivity index (χ2v) is 7.08. The van der Waals surface area contributed by atoms with Crippen molar-refractivity contribution in [1.29, 1.82) is 0 Å². The lowest BCUT2D eigenvalue weighted by atomic mass is 10.1. The highest BCUT2D eigenvalue weighted by Gasteiger charge is 2.26. The molecule has 0 aliphatic heterocycles. The molecule has 2 heterocycles. The van der Waals surface area contributed by atoms with Crippen LogP contribution in [0.2, 0.25) is 0 Å². The van der Waals surface area contributed by atoms with Crippen LogP contribution in [0.5, 0.6) is 11.5 Å². The number of anilines is 1. The number of nitrogens with zero attached hydrogens (tertiary/aromatic N) is 3. The van der Waals surface area contributed by atoms with Gasteiger partial charge in [0, 0.05) is 34.3 Å². The van der Waals surface area contributed by atoms with Gasteiger partial charge in [0.15, 0.2) is 5.82 Å². The second-order valence-electron chi connectivity index (χ2n) is 7.08. The van der Waals surface area contributed by atoms with E-state index in [-0.39, 0.29) is 0 Å². The first-order chi connectivity index (χ1) is 13.0. The Morgan fingerprint density at radius 2 is 1.85 bits per heavy atom. The first-order valence-electron chi connectivity index (χ1n) is 9.47. The Labute approximate surface area is 159 Å². The van der Waals surface area contributed by atoms with Crippen molar-refractivity contribution in [3.63, 3.8) is 0 Å². The van der Waals surface area contributed by atoms with Crippen LogP contribution in [0.1, 0.15) is 36.8 Å². The Hall–Kier alpha value is -2.76. The molecule has 0 amide bonds. The van der Waals surface area contributed by atoms with Crippen LogP contribution in [0.25, 0.3) is 16.5 Å². The zero-order valence-corrected chi connectivity index (χ0v) is 16.6. The molecule has 0 radical (unpaired) electrons. The van der Waals surface area contributed by atoms with E-state index in [1.165, 1.54) is 12.8 Å². The van der Waals surface area contributed by atoms with Crippen LogP contribution >= 0.6 is 0 Å². The van der Waals surface area contributed by atoms with E-state index >= 15 is 0 Å². The molecule has 4 rings (SSSR count). The van der Waals surface area contributed by atoms with Gasteiger partial charge in [0.25, 0.3) is 0 Å². The number of aromatic nitrogens is 3. The summed E-state index contributed by atoms with van der Waals surface area (Å²) >= 11 is 0. The first-order valence-corrected chi connectivity index (χ1v) is 9.47. The molecule has 1 aliphatic rings. The summed E-state index contributed by atoms with van der Waals surface area (Å²) in [6.07, 6.45) is 2.39. The van der Waals surface area contributed by atoms with Crippen LogP contribution in [0, 0.1) is 20.8 Å². The highest BCUT2D eigenvalue weighted by molar-refractivity contribution is 5.98. The molecule has 0 bridgehead atoms. The van der Waals surface area contributed by atoms with Crippen molar-refractivity contribution < 1.29 is 9.47 Å². The normalized spacial score (nSPS) is 13.8. The van der Waals surface area contributed by atoms with E-state index in [2.05, 4.69) is 33.9 Å². The van der Waals surface area contributed by atoms with Crippen molar-refractivity contribution in [3.8, 4) is 17.2 Å². The van der Waals surface area contributed by atoms with E-state index in [0.717, 1.165) is 50.9 Å². The van der Waals surface area contributed by atoms with Crippen molar-refractivity contribution >= 4 is 16.6 Å². The molecule has 27 heavy (non-hydrogen) atoms. The summed E-state index contributed by atoms with van der Waals surface area (Å²) in [6, 6.07) is 6.49. The average Bonchev–Trinajstić information content (AvgIpc) is 3.43. The number of rotatable bonds is 6. The average molecular weight is 366 g/mol. The number of hydrogen-bond donors (Lipinski definition) is 1. The van der Waals surface area contributed by atoms with Crippen LogP contribution in [-0.4, -0.2) is 34.5 Å². The predicted octanol–water partition coefficient (Wildman–Crippen LogP) is 4.33. The minimum absolute atomic E-state index is 0.522. The summed E-state index contributed by atoms with van der Waals surface area (Å²) in [5.74, 6) is 2.46. The number of nitrogens with one attached hydrogen (secondary N) is 1. The lowest BCUT2D eigenvalue weighted by molar-refractivity contribution is 0.336. The van der Waals surface area contributed by atoms with Gasteiger partial charge in [-0.15, -0.1) is 5.10 Å². The quantitative estimate of drug-likeness (QED) is 0.704. The highest BCUT2D eigenvalue weighted by atomic mass is 16.5. The molecule has 2 aromatic heterocycles. The van der Waals surface area contributed by atoms with Gasteiger partial charge >= 0.3 is 0 Å². The number of fused-ring (bicyclic) bond motifs is 1. The molecule has 6 nitrogen and oxygen atoms in total. The van der Waals surface area contributed by atoms with Crippen LogP contribution in [0.4, 0.5) is 5.82 Å². The molecule has 1 fully saturated rings. The van der Waals surface area contributed by atoms with E-state index in [0.29, 0.717) is 12.6 Å². The van der Waals surface area contributed by atoms with Crippen molar-refractivity contribution in [2.24, 2.45) is 0 Å². The van der Waals surface area contributed by atoms with E-state index in [9.17, 15) is 0 Å². The Morgan fingerprint density at radius 1 is 1.11 bits per heavy atom. The van der Waals surface area contributed by atoms with E-state index < -0.39 is 0 Å². The first kappa shape index (κ1) is 17.6. The van der Waals surface area contributed by atoms with Crippen molar-refractivity contribution in [3.05, 3.63) is 35.3 Å². The summed E-state index contributed by atoms with van der Waals surface area (Å²) in [7, 11) is 1.69. The van der Waals surface area contributed by atoms with Crippen LogP contribution in [0.3, 0.4) is 0 Å². The van der Waals surface area contributed by atoms with Gasteiger partial charge in [-0.05, 0) is 52.7 Å². The molecule has 0 saturated heterocycles. The Balaban J connectivity index is 1.93. The molecule has 142 valence electrons. The standard InChI is InChI=1S/C21H26N4O2/c1-6-27-16-9-10-17(18(11-16)26-5)25-13(3)19-12(2)23-24-21(20(19)14(25)4)22-15-7-8-15/h9-11,15H,6-8H2,1-5H3,(H,22,24). The highest BCUT2D eigenvalue weighted by Crippen LogP contribution is 2.38. The largest absolute Gasteiger partial charge is 0.494 e. The molecule has 6 heteroatoms. The minimum Gasteiger partial charge on any atom is -0.494 e. The molecule has 1 N–H and O–H groups in total. The van der Waals surface area contributed by atoms with Crippen LogP contribution in [-0.2, 0) is 0 Å². The Morgan fingerprint density at radius 3 is 2.52 bits per heavy atom. The fourth-order valence-electron chi connectivity index (χ4n) is 3.78. The third-order valence-electron chi connectivity index (χ3n) is 5.16. The van der Waals surface area contributed by atoms with Gasteiger partial charge < -0.3 is 19.4 Å². The molecular formula is C21H26N4O2. The van der Waals surface area contributed by atoms with Gasteiger partial charge in [0.2, 0.25) is 0 Å². The van der Waals surface area contributed by atoms with Gasteiger partial charge in [-0.3, -0.25) is 0 Å². The predicted molar refractivity (Wildman–Crippen MR) is 107 cm³/mol. The molecule has 0 spiro atoms. The maximum Gasteiger partial charge on any atom is 0.158 e. The van der Waals surface area contributed by atoms with E-state index in [1.54, 1.807) is 7.11 Å². The lowest BCUT2D eigenvalue weighted by Crippen LogP contribution is -2.06. The maximum atomic E-state index is 5.68. The monoisotopic (exact) mass is 366 g/mol. The van der Waals surface area contributed by atoms with Gasteiger partial charge in [-0.2, -0.15) is 5.10 Å². The van der Waals surface area contributed by atoms with Gasteiger partial charge in [0.05, 0.1) is 25.1 Å². The third-order valence-corrected chi connectivity index (χ3v) is 5.16. The summed E-state index contributed by atoms with van der Waals surface area (Å²) in [4.78, 5) is 0. The Bertz CT molecular complexity index is 1010. The molecule has 0 atom stereocenters. The minimum atomic E-state index is 0.522. The number of aryl methyl sites for hydroxylation is 3. The SMILES string of the molecule is CCOc1ccc(-n2c(C)c3c(C)nnc(NC4CC4)c3c2C)c(OC)c1. The maximum absolute atomic E-state index is 5.68. The summed E-state index contributed by atoms with van der Waals surface area (Å²) in [5, 5.41) is 14.7. The van der Waals surface area contributed by atoms with Crippen molar-refractivity contribution in [2.75, 3.05) is 19.0 Å². The lowest BCUT2D eigenvalue weighted by Gasteiger charge is -2.15. The van der Waals surface area contributed by atoms with E-state index in [1.807, 2.05) is 32.0 Å². The third kappa shape index (κ3) is 2.99. The van der Waals surface area contributed by atoms with Crippen LogP contribution in [0.15, 0.2) is 18.2 Å². The molecular weight excluding hydrogens is 340 g/mol. The van der Waals surface area contributed by atoms with Gasteiger partial charge in [-0.1, -0.05) is 0 Å². The molecule has 1 aliphatic carbocycles. The molecule has 1 saturated carbocycles. The summed E-state index contributed by atoms with van der Waals surface area (Å²) < 4.78 is 13.5. The fraction of sp³-hybridized carbons (Fsp3) is 0.429. The molecule has 0 unspecified atom stereocenters. The van der Waals surface area contributed by atoms with Crippen LogP contribution < -0.4 is 14.8 Å².